The van der Waals surface area contributed by atoms with Crippen molar-refractivity contribution in [3.63, 3.8) is 0 Å². The Balaban J connectivity index is 1.63. The third kappa shape index (κ3) is 4.71. The predicted octanol–water partition coefficient (Wildman–Crippen LogP) is 2.91. The third-order valence-electron chi connectivity index (χ3n) is 5.87. The molecule has 2 heterocycles. The number of ketones is 1. The maximum Gasteiger partial charge on any atom is 0.273 e. The minimum atomic E-state index is -1.15. The van der Waals surface area contributed by atoms with Crippen molar-refractivity contribution in [1.82, 2.24) is 15.5 Å². The molecule has 1 atom stereocenters. The third-order valence-corrected chi connectivity index (χ3v) is 6.94. The second kappa shape index (κ2) is 9.06. The van der Waals surface area contributed by atoms with Crippen LogP contribution in [0, 0.1) is 11.6 Å². The number of carbonyl (C=O) groups is 3. The number of carbonyl (C=O) groups excluding carboxylic acids is 3. The first kappa shape index (κ1) is 24.3. The molecule has 10 nitrogen and oxygen atoms in total. The summed E-state index contributed by atoms with van der Waals surface area (Å²) in [7, 11) is 0. The quantitative estimate of drug-likeness (QED) is 0.395. The lowest BCUT2D eigenvalue weighted by atomic mass is 9.78. The van der Waals surface area contributed by atoms with Gasteiger partial charge in [-0.1, -0.05) is 16.5 Å². The highest BCUT2D eigenvalue weighted by Crippen LogP contribution is 2.36. The summed E-state index contributed by atoms with van der Waals surface area (Å²) in [4.78, 5) is 42.7. The number of nitrogen functional groups attached to an aromatic ring is 1. The van der Waals surface area contributed by atoms with E-state index in [2.05, 4.69) is 15.5 Å². The molecule has 0 unspecified atom stereocenters. The van der Waals surface area contributed by atoms with Gasteiger partial charge in [-0.25, -0.2) is 13.8 Å². The summed E-state index contributed by atoms with van der Waals surface area (Å²) < 4.78 is 32.4. The van der Waals surface area contributed by atoms with Crippen LogP contribution in [0.4, 0.5) is 25.4 Å². The van der Waals surface area contributed by atoms with Gasteiger partial charge >= 0.3 is 0 Å². The Labute approximate surface area is 202 Å². The van der Waals surface area contributed by atoms with E-state index in [-0.39, 0.29) is 38.5 Å². The molecule has 0 aliphatic heterocycles. The highest BCUT2D eigenvalue weighted by Gasteiger charge is 2.35. The molecular formula is C22H22F2N6O4S. The smallest absolute Gasteiger partial charge is 0.273 e. The number of nitrogens with two attached hydrogens (primary N) is 2. The van der Waals surface area contributed by atoms with Crippen molar-refractivity contribution in [2.45, 2.75) is 44.7 Å². The van der Waals surface area contributed by atoms with Crippen LogP contribution in [0.5, 0.6) is 0 Å². The lowest BCUT2D eigenvalue weighted by Crippen LogP contribution is -2.51. The zero-order chi connectivity index (χ0) is 25.5. The molecule has 1 aliphatic carbocycles. The van der Waals surface area contributed by atoms with Crippen LogP contribution in [0.15, 0.2) is 28.8 Å². The van der Waals surface area contributed by atoms with Gasteiger partial charge in [-0.2, -0.15) is 0 Å². The van der Waals surface area contributed by atoms with Crippen molar-refractivity contribution in [2.75, 3.05) is 10.6 Å². The van der Waals surface area contributed by atoms with Crippen LogP contribution in [0.3, 0.4) is 0 Å². The maximum absolute atomic E-state index is 13.9. The number of aromatic nitrogens is 2. The monoisotopic (exact) mass is 504 g/mol. The predicted molar refractivity (Wildman–Crippen MR) is 123 cm³/mol. The molecule has 1 aromatic carbocycles. The lowest BCUT2D eigenvalue weighted by molar-refractivity contribution is -0.118. The van der Waals surface area contributed by atoms with Crippen LogP contribution in [-0.4, -0.2) is 39.3 Å². The van der Waals surface area contributed by atoms with Crippen LogP contribution in [0.2, 0.25) is 0 Å². The Kier molecular flexibility index (Phi) is 6.28. The number of benzene rings is 1. The fraction of sp³-hybridized carbons (Fsp3) is 0.318. The summed E-state index contributed by atoms with van der Waals surface area (Å²) in [6, 6.07) is 3.16. The van der Waals surface area contributed by atoms with Gasteiger partial charge in [0.25, 0.3) is 5.91 Å². The van der Waals surface area contributed by atoms with E-state index in [1.807, 2.05) is 6.92 Å². The average Bonchev–Trinajstić information content (AvgIpc) is 3.42. The maximum atomic E-state index is 13.9. The first-order valence-corrected chi connectivity index (χ1v) is 11.4. The standard InChI is InChI=1S/C22H22F2N6O4S/c1-10(19(26)32)30(11-4-5-12(23)13(24)8-11)21-27-18(25)17(35-21)16(31)15-9-14(29-34-15)20(33)28-22(2)6-3-7-22/h4-5,8-10H,3,6-7,25H2,1-2H3,(H2,26,32)(H,28,33)/t10-/m1/s1. The summed E-state index contributed by atoms with van der Waals surface area (Å²) in [6.07, 6.45) is 2.71. The largest absolute Gasteiger partial charge is 0.382 e. The first-order valence-electron chi connectivity index (χ1n) is 10.6. The fourth-order valence-electron chi connectivity index (χ4n) is 3.62. The van der Waals surface area contributed by atoms with E-state index in [4.69, 9.17) is 16.0 Å². The fourth-order valence-corrected chi connectivity index (χ4v) is 4.65. The number of amides is 2. The Hall–Kier alpha value is -3.87. The Morgan fingerprint density at radius 3 is 2.54 bits per heavy atom. The van der Waals surface area contributed by atoms with Crippen molar-refractivity contribution in [2.24, 2.45) is 5.73 Å². The Bertz CT molecular complexity index is 1320. The van der Waals surface area contributed by atoms with E-state index in [1.54, 1.807) is 0 Å². The van der Waals surface area contributed by atoms with E-state index < -0.39 is 35.3 Å². The molecule has 4 rings (SSSR count). The summed E-state index contributed by atoms with van der Waals surface area (Å²) >= 11 is 0.790. The van der Waals surface area contributed by atoms with Crippen LogP contribution in [0.1, 0.15) is 59.0 Å². The Morgan fingerprint density at radius 2 is 1.94 bits per heavy atom. The van der Waals surface area contributed by atoms with Crippen molar-refractivity contribution in [3.8, 4) is 0 Å². The van der Waals surface area contributed by atoms with Crippen LogP contribution >= 0.6 is 11.3 Å². The van der Waals surface area contributed by atoms with E-state index in [1.165, 1.54) is 24.0 Å². The van der Waals surface area contributed by atoms with Gasteiger partial charge in [0, 0.05) is 23.4 Å². The van der Waals surface area contributed by atoms with Gasteiger partial charge in [0.2, 0.25) is 17.5 Å². The van der Waals surface area contributed by atoms with Gasteiger partial charge in [0.15, 0.2) is 22.5 Å². The van der Waals surface area contributed by atoms with Crippen LogP contribution in [0.25, 0.3) is 0 Å². The van der Waals surface area contributed by atoms with Crippen molar-refractivity contribution < 1.29 is 27.7 Å². The molecule has 1 saturated carbocycles. The number of rotatable bonds is 8. The zero-order valence-corrected chi connectivity index (χ0v) is 19.6. The molecule has 0 radical (unpaired) electrons. The van der Waals surface area contributed by atoms with Gasteiger partial charge in [-0.05, 0) is 45.2 Å². The minimum Gasteiger partial charge on any atom is -0.382 e. The number of nitrogens with zero attached hydrogens (tertiary/aromatic N) is 3. The number of halogens is 2. The van der Waals surface area contributed by atoms with Crippen LogP contribution in [-0.2, 0) is 4.79 Å². The first-order chi connectivity index (χ1) is 16.5. The van der Waals surface area contributed by atoms with Gasteiger partial charge in [0.05, 0.1) is 0 Å². The molecule has 35 heavy (non-hydrogen) atoms. The molecule has 0 saturated heterocycles. The molecule has 0 bridgehead atoms. The Morgan fingerprint density at radius 1 is 1.23 bits per heavy atom. The number of primary amides is 1. The van der Waals surface area contributed by atoms with Gasteiger partial charge in [-0.15, -0.1) is 0 Å². The topological polar surface area (TPSA) is 157 Å². The highest BCUT2D eigenvalue weighted by molar-refractivity contribution is 7.18. The number of nitrogens with one attached hydrogen (secondary N) is 1. The zero-order valence-electron chi connectivity index (χ0n) is 18.8. The second-order valence-corrected chi connectivity index (χ2v) is 9.51. The average molecular weight is 505 g/mol. The van der Waals surface area contributed by atoms with Gasteiger partial charge in [0.1, 0.15) is 16.7 Å². The van der Waals surface area contributed by atoms with E-state index in [0.29, 0.717) is 0 Å². The van der Waals surface area contributed by atoms with Crippen molar-refractivity contribution in [3.05, 3.63) is 52.2 Å². The molecule has 1 fully saturated rings. The number of anilines is 3. The summed E-state index contributed by atoms with van der Waals surface area (Å²) in [5.41, 5.74) is 11.1. The lowest BCUT2D eigenvalue weighted by Gasteiger charge is -2.38. The number of thiazole rings is 1. The van der Waals surface area contributed by atoms with Crippen LogP contribution < -0.4 is 21.7 Å². The highest BCUT2D eigenvalue weighted by atomic mass is 32.1. The molecule has 184 valence electrons. The van der Waals surface area contributed by atoms with E-state index in [9.17, 15) is 23.2 Å². The van der Waals surface area contributed by atoms with E-state index in [0.717, 1.165) is 42.7 Å². The van der Waals surface area contributed by atoms with Crippen molar-refractivity contribution >= 4 is 45.6 Å². The molecule has 2 amide bonds. The summed E-state index contributed by atoms with van der Waals surface area (Å²) in [5.74, 6) is -4.58. The molecule has 13 heteroatoms. The molecule has 5 N–H and O–H groups in total. The number of hydrogen-bond donors (Lipinski definition) is 3. The summed E-state index contributed by atoms with van der Waals surface area (Å²) in [6.45, 7) is 3.36. The van der Waals surface area contributed by atoms with E-state index >= 15 is 0 Å². The van der Waals surface area contributed by atoms with Gasteiger partial charge < -0.3 is 26.2 Å². The number of hydrogen-bond acceptors (Lipinski definition) is 9. The normalized spacial score (nSPS) is 15.2. The minimum absolute atomic E-state index is 0.0403. The molecule has 1 aliphatic rings. The van der Waals surface area contributed by atoms with Gasteiger partial charge in [-0.3, -0.25) is 14.4 Å². The molecule has 0 spiro atoms. The van der Waals surface area contributed by atoms with Crippen molar-refractivity contribution in [1.29, 1.82) is 0 Å². The SMILES string of the molecule is C[C@H](C(N)=O)N(c1ccc(F)c(F)c1)c1nc(N)c(C(=O)c2cc(C(=O)NC3(C)CCC3)no2)s1. The molecule has 3 aromatic rings. The second-order valence-electron chi connectivity index (χ2n) is 8.53. The molecule has 2 aromatic heterocycles. The molecular weight excluding hydrogens is 482 g/mol. The summed E-state index contributed by atoms with van der Waals surface area (Å²) in [5, 5.41) is 6.59.